The van der Waals surface area contributed by atoms with E-state index in [1.165, 1.54) is 0 Å². The third kappa shape index (κ3) is 9.53. The quantitative estimate of drug-likeness (QED) is 0.0785. The minimum absolute atomic E-state index is 0.0696. The second-order valence-electron chi connectivity index (χ2n) is 14.5. The van der Waals surface area contributed by atoms with Crippen LogP contribution in [-0.4, -0.2) is 208 Å². The number of aliphatic hydroxyl groups is 9. The van der Waals surface area contributed by atoms with Gasteiger partial charge in [0.05, 0.1) is 18.1 Å². The Kier molecular flexibility index (Phi) is 15.5. The Hall–Kier alpha value is -4.32. The van der Waals surface area contributed by atoms with Gasteiger partial charge < -0.3 is 76.6 Å². The zero-order valence-electron chi connectivity index (χ0n) is 31.8. The van der Waals surface area contributed by atoms with E-state index in [0.29, 0.717) is 19.3 Å². The van der Waals surface area contributed by atoms with Gasteiger partial charge >= 0.3 is 0 Å². The van der Waals surface area contributed by atoms with Crippen LogP contribution in [0.4, 0.5) is 0 Å². The lowest BCUT2D eigenvalue weighted by molar-refractivity contribution is -0.175. The Bertz CT molecular complexity index is 1450. The van der Waals surface area contributed by atoms with E-state index in [9.17, 15) is 74.7 Å². The summed E-state index contributed by atoms with van der Waals surface area (Å²) >= 11 is 0. The molecule has 0 spiro atoms. The van der Waals surface area contributed by atoms with Crippen LogP contribution in [0.2, 0.25) is 0 Å². The molecule has 4 rings (SSSR count). The van der Waals surface area contributed by atoms with Gasteiger partial charge in [0.1, 0.15) is 36.6 Å². The third-order valence-electron chi connectivity index (χ3n) is 10.5. The molecule has 3 aliphatic rings. The van der Waals surface area contributed by atoms with Crippen molar-refractivity contribution in [2.45, 2.75) is 113 Å². The number of amides is 6. The summed E-state index contributed by atoms with van der Waals surface area (Å²) in [7, 11) is 0. The lowest BCUT2D eigenvalue weighted by atomic mass is 9.92. The number of hydrogen-bond acceptors (Lipinski definition) is 15. The topological polar surface area (TPSA) is 330 Å². The van der Waals surface area contributed by atoms with Crippen LogP contribution in [0.25, 0.3) is 0 Å². The van der Waals surface area contributed by atoms with E-state index >= 15 is 0 Å². The minimum atomic E-state index is -1.89. The molecule has 0 aliphatic carbocycles. The summed E-state index contributed by atoms with van der Waals surface area (Å²) in [5, 5.41) is 101. The molecule has 57 heavy (non-hydrogen) atoms. The van der Waals surface area contributed by atoms with Crippen LogP contribution in [0.5, 0.6) is 0 Å². The van der Waals surface area contributed by atoms with Crippen LogP contribution < -0.4 is 16.0 Å². The van der Waals surface area contributed by atoms with Crippen LogP contribution in [0.3, 0.4) is 0 Å². The zero-order chi connectivity index (χ0) is 42.5. The molecule has 0 bridgehead atoms. The van der Waals surface area contributed by atoms with Crippen LogP contribution >= 0.6 is 0 Å². The average molecular weight is 811 g/mol. The molecule has 1 aromatic carbocycles. The second-order valence-corrected chi connectivity index (χ2v) is 14.5. The highest BCUT2D eigenvalue weighted by Gasteiger charge is 2.49. The van der Waals surface area contributed by atoms with Crippen molar-refractivity contribution in [1.29, 1.82) is 0 Å². The zero-order valence-corrected chi connectivity index (χ0v) is 31.8. The summed E-state index contributed by atoms with van der Waals surface area (Å²) in [6.07, 6.45) is -15.0. The normalized spacial score (nSPS) is 32.0. The molecule has 0 radical (unpaired) electrons. The van der Waals surface area contributed by atoms with E-state index in [1.54, 1.807) is 20.8 Å². The first-order valence-corrected chi connectivity index (χ1v) is 18.9. The molecule has 0 unspecified atom stereocenters. The summed E-state index contributed by atoms with van der Waals surface area (Å²) in [4.78, 5) is 82.4. The van der Waals surface area contributed by atoms with Gasteiger partial charge in [0.2, 0.25) is 0 Å². The van der Waals surface area contributed by atoms with E-state index in [0.717, 1.165) is 32.9 Å². The number of nitrogens with one attached hydrogen (secondary N) is 3. The fourth-order valence-corrected chi connectivity index (χ4v) is 7.40. The van der Waals surface area contributed by atoms with Crippen LogP contribution in [0.1, 0.15) is 71.1 Å². The van der Waals surface area contributed by atoms with Gasteiger partial charge in [0, 0.05) is 56.0 Å². The fourth-order valence-electron chi connectivity index (χ4n) is 7.40. The molecule has 3 saturated heterocycles. The second kappa shape index (κ2) is 19.4. The maximum atomic E-state index is 13.6. The van der Waals surface area contributed by atoms with E-state index < -0.39 is 128 Å². The summed E-state index contributed by atoms with van der Waals surface area (Å²) < 4.78 is 0. The lowest BCUT2D eigenvalue weighted by Crippen LogP contribution is -2.66. The van der Waals surface area contributed by atoms with E-state index in [1.807, 2.05) is 0 Å². The van der Waals surface area contributed by atoms with Gasteiger partial charge in [-0.25, -0.2) is 0 Å². The first-order valence-electron chi connectivity index (χ1n) is 18.9. The van der Waals surface area contributed by atoms with Crippen molar-refractivity contribution in [1.82, 2.24) is 30.7 Å². The molecule has 12 N–H and O–H groups in total. The number of hydrogen-bond donors (Lipinski definition) is 12. The average Bonchev–Trinajstić information content (AvgIpc) is 3.20. The van der Waals surface area contributed by atoms with Crippen molar-refractivity contribution >= 4 is 35.4 Å². The standard InChI is InChI=1S/C36H54N6O15/c1-4-7-40-19(22(43)25(46)28(49)34(40)55)13-37-31(52)16-10-17(32(53)38-14-20-23(44)26(47)29(50)35(56)41(20)8-5-2)12-18(11-16)33(54)39-15-21-24(45)27(48)30(51)36(57)42(21)9-6-3/h10-12,19-30,43-51H,4-9,13-15H2,1-3H3,(H,37,52)(H,38,53)(H,39,54)/t19-,20-,21-,22-,23-,24-,25+,26+,27+,28-,29-,30-/m1/s1. The minimum Gasteiger partial charge on any atom is -0.388 e. The van der Waals surface area contributed by atoms with Gasteiger partial charge in [-0.05, 0) is 37.5 Å². The Morgan fingerprint density at radius 2 is 0.684 bits per heavy atom. The maximum absolute atomic E-state index is 13.6. The van der Waals surface area contributed by atoms with Crippen molar-refractivity contribution in [2.24, 2.45) is 0 Å². The molecule has 3 fully saturated rings. The Balaban J connectivity index is 1.62. The summed E-state index contributed by atoms with van der Waals surface area (Å²) in [5.74, 6) is -5.31. The van der Waals surface area contributed by atoms with Gasteiger partial charge in [-0.1, -0.05) is 20.8 Å². The van der Waals surface area contributed by atoms with Crippen LogP contribution in [-0.2, 0) is 14.4 Å². The van der Waals surface area contributed by atoms with Crippen molar-refractivity contribution in [3.05, 3.63) is 34.9 Å². The highest BCUT2D eigenvalue weighted by Crippen LogP contribution is 2.24. The van der Waals surface area contributed by atoms with Gasteiger partial charge in [-0.3, -0.25) is 28.8 Å². The number of piperidine rings is 3. The SMILES string of the molecule is CCCN1C(=O)[C@H](O)[C@@H](O)[C@H](O)[C@H]1CNC(=O)c1cc(C(=O)NC[C@@H]2[C@@H](O)[C@H](O)[C@@H](O)C(=O)N2CCC)cc(C(=O)NC[C@@H]2[C@@H](O)[C@H](O)[C@@H](O)C(=O)N2CCC)c1. The van der Waals surface area contributed by atoms with E-state index in [2.05, 4.69) is 16.0 Å². The fraction of sp³-hybridized carbons (Fsp3) is 0.667. The summed E-state index contributed by atoms with van der Waals surface area (Å²) in [5.41, 5.74) is -0.861. The number of carbonyl (C=O) groups excluding carboxylic acids is 6. The maximum Gasteiger partial charge on any atom is 0.254 e. The molecule has 3 aliphatic heterocycles. The number of likely N-dealkylation sites (tertiary alicyclic amines) is 3. The Morgan fingerprint density at radius 3 is 0.895 bits per heavy atom. The van der Waals surface area contributed by atoms with Crippen LogP contribution in [0.15, 0.2) is 18.2 Å². The largest absolute Gasteiger partial charge is 0.388 e. The number of aliphatic hydroxyl groups excluding tert-OH is 9. The van der Waals surface area contributed by atoms with E-state index in [4.69, 9.17) is 0 Å². The van der Waals surface area contributed by atoms with Gasteiger partial charge in [-0.2, -0.15) is 0 Å². The monoisotopic (exact) mass is 810 g/mol. The summed E-state index contributed by atoms with van der Waals surface area (Å²) in [6, 6.07) is -0.237. The third-order valence-corrected chi connectivity index (χ3v) is 10.5. The molecule has 3 heterocycles. The molecular formula is C36H54N6O15. The number of benzene rings is 1. The first kappa shape index (κ1) is 45.4. The highest BCUT2D eigenvalue weighted by atomic mass is 16.4. The van der Waals surface area contributed by atoms with Crippen molar-refractivity contribution < 1.29 is 74.7 Å². The summed E-state index contributed by atoms with van der Waals surface area (Å²) in [6.45, 7) is 4.10. The van der Waals surface area contributed by atoms with Gasteiger partial charge in [0.15, 0.2) is 18.3 Å². The highest BCUT2D eigenvalue weighted by molar-refractivity contribution is 6.04. The smallest absolute Gasteiger partial charge is 0.254 e. The number of carbonyl (C=O) groups is 6. The molecule has 6 amide bonds. The first-order chi connectivity index (χ1) is 26.9. The van der Waals surface area contributed by atoms with Crippen molar-refractivity contribution in [3.8, 4) is 0 Å². The van der Waals surface area contributed by atoms with Crippen molar-refractivity contribution in [3.63, 3.8) is 0 Å². The number of nitrogens with zero attached hydrogens (tertiary/aromatic N) is 3. The van der Waals surface area contributed by atoms with E-state index in [-0.39, 0.29) is 36.3 Å². The molecule has 21 heteroatoms. The predicted octanol–water partition coefficient (Wildman–Crippen LogP) is -6.01. The van der Waals surface area contributed by atoms with Gasteiger partial charge in [-0.15, -0.1) is 0 Å². The lowest BCUT2D eigenvalue weighted by Gasteiger charge is -2.43. The number of rotatable bonds is 15. The molecular weight excluding hydrogens is 756 g/mol. The van der Waals surface area contributed by atoms with Gasteiger partial charge in [0.25, 0.3) is 35.4 Å². The molecule has 12 atom stereocenters. The predicted molar refractivity (Wildman–Crippen MR) is 195 cm³/mol. The molecule has 1 aromatic rings. The van der Waals surface area contributed by atoms with Crippen LogP contribution in [0, 0.1) is 0 Å². The molecule has 0 aromatic heterocycles. The Labute approximate surface area is 327 Å². The van der Waals surface area contributed by atoms with Crippen molar-refractivity contribution in [2.75, 3.05) is 39.3 Å². The molecule has 318 valence electrons. The Morgan fingerprint density at radius 1 is 0.456 bits per heavy atom. The molecule has 21 nitrogen and oxygen atoms in total. The molecule has 0 saturated carbocycles.